The summed E-state index contributed by atoms with van der Waals surface area (Å²) in [6.07, 6.45) is 3.65. The quantitative estimate of drug-likeness (QED) is 0.533. The molecule has 0 bridgehead atoms. The van der Waals surface area contributed by atoms with Crippen LogP contribution in [0.15, 0.2) is 0 Å². The van der Waals surface area contributed by atoms with Gasteiger partial charge >= 0.3 is 5.97 Å². The minimum absolute atomic E-state index is 0.0289. The summed E-state index contributed by atoms with van der Waals surface area (Å²) in [5.41, 5.74) is 10.1. The average Bonchev–Trinajstić information content (AvgIpc) is 2.34. The van der Waals surface area contributed by atoms with Crippen molar-refractivity contribution >= 4 is 17.8 Å². The predicted octanol–water partition coefficient (Wildman–Crippen LogP) is 2.93. The van der Waals surface area contributed by atoms with Crippen molar-refractivity contribution < 1.29 is 19.5 Å². The van der Waals surface area contributed by atoms with Gasteiger partial charge in [-0.3, -0.25) is 14.4 Å². The summed E-state index contributed by atoms with van der Waals surface area (Å²) >= 11 is 0. The molecule has 0 heterocycles. The maximum atomic E-state index is 10.6. The minimum Gasteiger partial charge on any atom is -0.481 e. The van der Waals surface area contributed by atoms with E-state index in [-0.39, 0.29) is 24.7 Å². The zero-order chi connectivity index (χ0) is 19.3. The molecule has 2 amide bonds. The summed E-state index contributed by atoms with van der Waals surface area (Å²) in [7, 11) is 0. The number of carboxylic acid groups (broad SMARTS) is 1. The fraction of sp³-hybridized carbons (Fsp3) is 0.833. The standard InChI is InChI=1S/C9H17NO3.C9H19NO/c1-6(2)3-7(4-8(10)11)5-9(12)13;1-4-8(5-7(2)3)6-9(10)11/h6-7H,3-5H2,1-2H3,(H2,10,11)(H,12,13);7-8H,4-6H2,1-3H3,(H2,10,11)/t7-;/m1./s1. The van der Waals surface area contributed by atoms with E-state index in [2.05, 4.69) is 20.8 Å². The van der Waals surface area contributed by atoms with Gasteiger partial charge in [-0.1, -0.05) is 41.0 Å². The number of primary amides is 2. The van der Waals surface area contributed by atoms with Crippen molar-refractivity contribution in [3.05, 3.63) is 0 Å². The number of amides is 2. The Hall–Kier alpha value is -1.59. The zero-order valence-electron chi connectivity index (χ0n) is 15.9. The van der Waals surface area contributed by atoms with E-state index in [9.17, 15) is 14.4 Å². The van der Waals surface area contributed by atoms with Crippen LogP contribution in [0.3, 0.4) is 0 Å². The SMILES string of the molecule is CC(C)C[C@H](CC(N)=O)CC(=O)O.CCC(CC(N)=O)CC(C)C. The second-order valence-corrected chi connectivity index (χ2v) is 7.34. The Morgan fingerprint density at radius 2 is 1.17 bits per heavy atom. The van der Waals surface area contributed by atoms with Crippen molar-refractivity contribution in [2.75, 3.05) is 0 Å². The molecule has 0 rings (SSSR count). The van der Waals surface area contributed by atoms with Gasteiger partial charge in [0, 0.05) is 19.3 Å². The molecule has 5 N–H and O–H groups in total. The Morgan fingerprint density at radius 1 is 0.792 bits per heavy atom. The Kier molecular flexibility index (Phi) is 14.2. The molecule has 0 aromatic rings. The van der Waals surface area contributed by atoms with Gasteiger partial charge in [-0.15, -0.1) is 0 Å². The van der Waals surface area contributed by atoms with E-state index in [1.165, 1.54) is 0 Å². The third kappa shape index (κ3) is 18.5. The monoisotopic (exact) mass is 344 g/mol. The van der Waals surface area contributed by atoms with Crippen LogP contribution in [0.25, 0.3) is 0 Å². The highest BCUT2D eigenvalue weighted by atomic mass is 16.4. The number of hydrogen-bond donors (Lipinski definition) is 3. The molecule has 0 aromatic carbocycles. The number of aliphatic carboxylic acids is 1. The molecule has 0 spiro atoms. The third-order valence-corrected chi connectivity index (χ3v) is 3.63. The van der Waals surface area contributed by atoms with Crippen LogP contribution >= 0.6 is 0 Å². The van der Waals surface area contributed by atoms with Gasteiger partial charge < -0.3 is 16.6 Å². The molecule has 0 aliphatic carbocycles. The Labute approximate surface area is 146 Å². The molecule has 6 heteroatoms. The van der Waals surface area contributed by atoms with Crippen LogP contribution in [0.4, 0.5) is 0 Å². The van der Waals surface area contributed by atoms with Gasteiger partial charge in [0.25, 0.3) is 0 Å². The number of rotatable bonds is 11. The molecule has 0 saturated heterocycles. The molecule has 0 aromatic heterocycles. The second kappa shape index (κ2) is 13.8. The number of carboxylic acids is 1. The van der Waals surface area contributed by atoms with Gasteiger partial charge in [-0.05, 0) is 36.5 Å². The van der Waals surface area contributed by atoms with Crippen molar-refractivity contribution in [2.24, 2.45) is 35.1 Å². The molecule has 1 unspecified atom stereocenters. The van der Waals surface area contributed by atoms with E-state index in [0.717, 1.165) is 19.3 Å². The molecule has 0 aliphatic rings. The van der Waals surface area contributed by atoms with E-state index in [4.69, 9.17) is 16.6 Å². The summed E-state index contributed by atoms with van der Waals surface area (Å²) in [4.78, 5) is 31.6. The number of carbonyl (C=O) groups is 3. The molecule has 24 heavy (non-hydrogen) atoms. The van der Waals surface area contributed by atoms with E-state index in [0.29, 0.717) is 24.2 Å². The smallest absolute Gasteiger partial charge is 0.303 e. The summed E-state index contributed by atoms with van der Waals surface area (Å²) in [6.45, 7) is 10.4. The Balaban J connectivity index is 0. The van der Waals surface area contributed by atoms with Crippen molar-refractivity contribution in [3.8, 4) is 0 Å². The van der Waals surface area contributed by atoms with Crippen LogP contribution in [0.1, 0.15) is 73.1 Å². The van der Waals surface area contributed by atoms with Crippen LogP contribution in [-0.4, -0.2) is 22.9 Å². The molecule has 0 radical (unpaired) electrons. The van der Waals surface area contributed by atoms with Crippen molar-refractivity contribution in [3.63, 3.8) is 0 Å². The maximum Gasteiger partial charge on any atom is 0.303 e. The highest BCUT2D eigenvalue weighted by Crippen LogP contribution is 2.19. The first-order chi connectivity index (χ1) is 11.0. The summed E-state index contributed by atoms with van der Waals surface area (Å²) < 4.78 is 0. The van der Waals surface area contributed by atoms with Gasteiger partial charge in [0.05, 0.1) is 0 Å². The second-order valence-electron chi connectivity index (χ2n) is 7.34. The van der Waals surface area contributed by atoms with E-state index in [1.807, 2.05) is 13.8 Å². The van der Waals surface area contributed by atoms with Gasteiger partial charge in [0.2, 0.25) is 11.8 Å². The van der Waals surface area contributed by atoms with Crippen molar-refractivity contribution in [1.29, 1.82) is 0 Å². The fourth-order valence-corrected chi connectivity index (χ4v) is 2.78. The molecular formula is C18H36N2O4. The van der Waals surface area contributed by atoms with Crippen LogP contribution in [0, 0.1) is 23.7 Å². The summed E-state index contributed by atoms with van der Waals surface area (Å²) in [5.74, 6) is -0.0261. The first kappa shape index (κ1) is 24.7. The third-order valence-electron chi connectivity index (χ3n) is 3.63. The fourth-order valence-electron chi connectivity index (χ4n) is 2.78. The zero-order valence-corrected chi connectivity index (χ0v) is 15.9. The highest BCUT2D eigenvalue weighted by Gasteiger charge is 2.17. The van der Waals surface area contributed by atoms with Gasteiger partial charge in [-0.25, -0.2) is 0 Å². The van der Waals surface area contributed by atoms with E-state index >= 15 is 0 Å². The first-order valence-corrected chi connectivity index (χ1v) is 8.76. The van der Waals surface area contributed by atoms with Crippen molar-refractivity contribution in [2.45, 2.75) is 73.1 Å². The molecule has 0 aliphatic heterocycles. The Bertz CT molecular complexity index is 365. The normalized spacial score (nSPS) is 13.1. The lowest BCUT2D eigenvalue weighted by Crippen LogP contribution is -2.19. The summed E-state index contributed by atoms with van der Waals surface area (Å²) in [6, 6.07) is 0. The lowest BCUT2D eigenvalue weighted by molar-refractivity contribution is -0.138. The molecule has 2 atom stereocenters. The summed E-state index contributed by atoms with van der Waals surface area (Å²) in [5, 5.41) is 8.56. The lowest BCUT2D eigenvalue weighted by Gasteiger charge is -2.14. The number of carbonyl (C=O) groups excluding carboxylic acids is 2. The predicted molar refractivity (Wildman–Crippen MR) is 96.1 cm³/mol. The number of hydrogen-bond acceptors (Lipinski definition) is 3. The molecule has 0 saturated carbocycles. The maximum absolute atomic E-state index is 10.6. The van der Waals surface area contributed by atoms with Gasteiger partial charge in [0.1, 0.15) is 0 Å². The van der Waals surface area contributed by atoms with Crippen LogP contribution in [0.2, 0.25) is 0 Å². The lowest BCUT2D eigenvalue weighted by atomic mass is 9.91. The largest absolute Gasteiger partial charge is 0.481 e. The van der Waals surface area contributed by atoms with E-state index in [1.54, 1.807) is 0 Å². The molecule has 142 valence electrons. The minimum atomic E-state index is -0.869. The first-order valence-electron chi connectivity index (χ1n) is 8.76. The van der Waals surface area contributed by atoms with Gasteiger partial charge in [-0.2, -0.15) is 0 Å². The van der Waals surface area contributed by atoms with Crippen LogP contribution < -0.4 is 11.5 Å². The highest BCUT2D eigenvalue weighted by molar-refractivity contribution is 5.75. The topological polar surface area (TPSA) is 123 Å². The van der Waals surface area contributed by atoms with E-state index < -0.39 is 11.9 Å². The van der Waals surface area contributed by atoms with Crippen LogP contribution in [0.5, 0.6) is 0 Å². The Morgan fingerprint density at radius 3 is 1.46 bits per heavy atom. The van der Waals surface area contributed by atoms with Crippen LogP contribution in [-0.2, 0) is 14.4 Å². The van der Waals surface area contributed by atoms with Crippen molar-refractivity contribution in [1.82, 2.24) is 0 Å². The number of nitrogens with two attached hydrogens (primary N) is 2. The molecule has 0 fully saturated rings. The average molecular weight is 344 g/mol. The molecular weight excluding hydrogens is 308 g/mol. The van der Waals surface area contributed by atoms with Gasteiger partial charge in [0.15, 0.2) is 0 Å². The molecule has 6 nitrogen and oxygen atoms in total.